The minimum absolute atomic E-state index is 0.168. The predicted octanol–water partition coefficient (Wildman–Crippen LogP) is 4.98. The number of nitrogens with one attached hydrogen (secondary N) is 1. The molecule has 1 aliphatic rings. The van der Waals surface area contributed by atoms with Crippen molar-refractivity contribution in [1.29, 1.82) is 0 Å². The standard InChI is InChI=1S/C22H20Br2N2O5/c1-4-7-31-19-16(24)10-13(11-18(19)30-3)9-15-20(27)25-22(29)26(21(15)28)17-6-5-14(23)8-12(17)2/h5-6,8-11H,4,7H2,1-3H3,(H,25,27,29)/b15-9+. The molecule has 9 heteroatoms. The second kappa shape index (κ2) is 9.65. The zero-order valence-electron chi connectivity index (χ0n) is 17.1. The Bertz CT molecular complexity index is 1100. The van der Waals surface area contributed by atoms with Crippen molar-refractivity contribution >= 4 is 61.5 Å². The summed E-state index contributed by atoms with van der Waals surface area (Å²) >= 11 is 6.81. The fourth-order valence-corrected chi connectivity index (χ4v) is 4.13. The van der Waals surface area contributed by atoms with E-state index in [1.165, 1.54) is 13.2 Å². The van der Waals surface area contributed by atoms with Crippen LogP contribution in [0.15, 0.2) is 44.9 Å². The van der Waals surface area contributed by atoms with E-state index < -0.39 is 17.8 Å². The number of carbonyl (C=O) groups is 3. The van der Waals surface area contributed by atoms with Crippen LogP contribution >= 0.6 is 31.9 Å². The molecule has 0 atom stereocenters. The van der Waals surface area contributed by atoms with E-state index in [2.05, 4.69) is 37.2 Å². The van der Waals surface area contributed by atoms with Crippen molar-refractivity contribution in [3.8, 4) is 11.5 Å². The highest BCUT2D eigenvalue weighted by Crippen LogP contribution is 2.37. The number of hydrogen-bond acceptors (Lipinski definition) is 5. The summed E-state index contributed by atoms with van der Waals surface area (Å²) in [6.45, 7) is 4.28. The number of carbonyl (C=O) groups excluding carboxylic acids is 3. The van der Waals surface area contributed by atoms with Crippen LogP contribution in [0.5, 0.6) is 11.5 Å². The van der Waals surface area contributed by atoms with Crippen molar-refractivity contribution in [1.82, 2.24) is 5.32 Å². The summed E-state index contributed by atoms with van der Waals surface area (Å²) < 4.78 is 12.5. The smallest absolute Gasteiger partial charge is 0.335 e. The van der Waals surface area contributed by atoms with Gasteiger partial charge in [0.05, 0.1) is 23.9 Å². The molecule has 0 aromatic heterocycles. The molecule has 0 bridgehead atoms. The van der Waals surface area contributed by atoms with Gasteiger partial charge in [-0.15, -0.1) is 0 Å². The minimum Gasteiger partial charge on any atom is -0.493 e. The van der Waals surface area contributed by atoms with E-state index >= 15 is 0 Å². The molecule has 1 fully saturated rings. The first kappa shape index (κ1) is 23.0. The molecule has 4 amide bonds. The highest BCUT2D eigenvalue weighted by molar-refractivity contribution is 9.10. The first-order valence-corrected chi connectivity index (χ1v) is 11.0. The summed E-state index contributed by atoms with van der Waals surface area (Å²) in [4.78, 5) is 39.0. The van der Waals surface area contributed by atoms with Crippen molar-refractivity contribution in [2.24, 2.45) is 0 Å². The van der Waals surface area contributed by atoms with Gasteiger partial charge in [0.2, 0.25) is 0 Å². The molecule has 1 aliphatic heterocycles. The number of aryl methyl sites for hydroxylation is 1. The van der Waals surface area contributed by atoms with Crippen LogP contribution in [0, 0.1) is 6.92 Å². The third-order valence-corrected chi connectivity index (χ3v) is 5.60. The molecule has 0 radical (unpaired) electrons. The SMILES string of the molecule is CCCOc1c(Br)cc(/C=C2\C(=O)NC(=O)N(c3ccc(Br)cc3C)C2=O)cc1OC. The van der Waals surface area contributed by atoms with E-state index in [4.69, 9.17) is 9.47 Å². The van der Waals surface area contributed by atoms with Gasteiger partial charge in [-0.1, -0.05) is 22.9 Å². The Morgan fingerprint density at radius 1 is 1.13 bits per heavy atom. The number of halogens is 2. The third kappa shape index (κ3) is 4.83. The van der Waals surface area contributed by atoms with Gasteiger partial charge < -0.3 is 9.47 Å². The normalized spacial score (nSPS) is 15.3. The summed E-state index contributed by atoms with van der Waals surface area (Å²) in [5.41, 5.74) is 1.46. The number of imide groups is 2. The number of anilines is 1. The lowest BCUT2D eigenvalue weighted by Gasteiger charge is -2.27. The van der Waals surface area contributed by atoms with E-state index in [1.807, 2.05) is 6.92 Å². The number of hydrogen-bond donors (Lipinski definition) is 1. The van der Waals surface area contributed by atoms with Gasteiger partial charge in [-0.3, -0.25) is 14.9 Å². The molecule has 1 heterocycles. The van der Waals surface area contributed by atoms with Crippen LogP contribution in [0.25, 0.3) is 6.08 Å². The van der Waals surface area contributed by atoms with E-state index in [-0.39, 0.29) is 5.57 Å². The lowest BCUT2D eigenvalue weighted by molar-refractivity contribution is -0.122. The Hall–Kier alpha value is -2.65. The van der Waals surface area contributed by atoms with Gasteiger partial charge in [0, 0.05) is 4.47 Å². The molecular formula is C22H20Br2N2O5. The topological polar surface area (TPSA) is 84.9 Å². The molecule has 2 aromatic rings. The van der Waals surface area contributed by atoms with Crippen molar-refractivity contribution in [2.45, 2.75) is 20.3 Å². The molecule has 3 rings (SSSR count). The van der Waals surface area contributed by atoms with Gasteiger partial charge in [-0.05, 0) is 76.8 Å². The number of urea groups is 1. The van der Waals surface area contributed by atoms with Crippen LogP contribution in [0.2, 0.25) is 0 Å². The third-order valence-electron chi connectivity index (χ3n) is 4.51. The summed E-state index contributed by atoms with van der Waals surface area (Å²) in [6, 6.07) is 7.73. The Labute approximate surface area is 196 Å². The molecule has 1 saturated heterocycles. The number of amides is 4. The number of methoxy groups -OCH3 is 1. The molecule has 2 aromatic carbocycles. The lowest BCUT2D eigenvalue weighted by Crippen LogP contribution is -2.54. The van der Waals surface area contributed by atoms with Crippen LogP contribution in [-0.2, 0) is 9.59 Å². The molecule has 0 aliphatic carbocycles. The Balaban J connectivity index is 2.03. The largest absolute Gasteiger partial charge is 0.493 e. The number of rotatable bonds is 6. The fraction of sp³-hybridized carbons (Fsp3) is 0.227. The summed E-state index contributed by atoms with van der Waals surface area (Å²) in [5, 5.41) is 2.23. The average Bonchev–Trinajstić information content (AvgIpc) is 2.71. The van der Waals surface area contributed by atoms with Crippen LogP contribution in [0.1, 0.15) is 24.5 Å². The molecule has 0 saturated carbocycles. The van der Waals surface area contributed by atoms with Gasteiger partial charge in [0.1, 0.15) is 5.57 Å². The predicted molar refractivity (Wildman–Crippen MR) is 124 cm³/mol. The molecule has 162 valence electrons. The van der Waals surface area contributed by atoms with E-state index in [0.29, 0.717) is 39.4 Å². The Kier molecular flexibility index (Phi) is 7.17. The fourth-order valence-electron chi connectivity index (χ4n) is 3.08. The zero-order valence-corrected chi connectivity index (χ0v) is 20.3. The van der Waals surface area contributed by atoms with Crippen molar-refractivity contribution in [3.63, 3.8) is 0 Å². The molecule has 1 N–H and O–H groups in total. The van der Waals surface area contributed by atoms with Crippen LogP contribution in [0.3, 0.4) is 0 Å². The van der Waals surface area contributed by atoms with Crippen molar-refractivity contribution < 1.29 is 23.9 Å². The summed E-state index contributed by atoms with van der Waals surface area (Å²) in [5.74, 6) is -0.480. The quantitative estimate of drug-likeness (QED) is 0.404. The molecular weight excluding hydrogens is 532 g/mol. The molecule has 0 unspecified atom stereocenters. The number of ether oxygens (including phenoxy) is 2. The first-order valence-electron chi connectivity index (χ1n) is 9.44. The highest BCUT2D eigenvalue weighted by Gasteiger charge is 2.37. The lowest BCUT2D eigenvalue weighted by atomic mass is 10.1. The van der Waals surface area contributed by atoms with Crippen LogP contribution < -0.4 is 19.7 Å². The average molecular weight is 552 g/mol. The van der Waals surface area contributed by atoms with Gasteiger partial charge in [0.25, 0.3) is 11.8 Å². The van der Waals surface area contributed by atoms with E-state index in [1.54, 1.807) is 37.3 Å². The second-order valence-electron chi connectivity index (χ2n) is 6.77. The summed E-state index contributed by atoms with van der Waals surface area (Å²) in [7, 11) is 1.51. The Morgan fingerprint density at radius 3 is 2.52 bits per heavy atom. The van der Waals surface area contributed by atoms with E-state index in [0.717, 1.165) is 15.8 Å². The number of nitrogens with zero attached hydrogens (tertiary/aromatic N) is 1. The van der Waals surface area contributed by atoms with Gasteiger partial charge in [-0.25, -0.2) is 9.69 Å². The first-order chi connectivity index (χ1) is 14.8. The number of barbiturate groups is 1. The maximum Gasteiger partial charge on any atom is 0.335 e. The molecule has 7 nitrogen and oxygen atoms in total. The molecule has 0 spiro atoms. The minimum atomic E-state index is -0.792. The Morgan fingerprint density at radius 2 is 1.87 bits per heavy atom. The number of benzene rings is 2. The zero-order chi connectivity index (χ0) is 22.7. The van der Waals surface area contributed by atoms with Crippen LogP contribution in [0.4, 0.5) is 10.5 Å². The maximum absolute atomic E-state index is 13.1. The molecule has 31 heavy (non-hydrogen) atoms. The van der Waals surface area contributed by atoms with Crippen molar-refractivity contribution in [3.05, 3.63) is 56.0 Å². The monoisotopic (exact) mass is 550 g/mol. The highest BCUT2D eigenvalue weighted by atomic mass is 79.9. The van der Waals surface area contributed by atoms with Crippen molar-refractivity contribution in [2.75, 3.05) is 18.6 Å². The van der Waals surface area contributed by atoms with Gasteiger partial charge >= 0.3 is 6.03 Å². The second-order valence-corrected chi connectivity index (χ2v) is 8.54. The van der Waals surface area contributed by atoms with Gasteiger partial charge in [-0.2, -0.15) is 0 Å². The summed E-state index contributed by atoms with van der Waals surface area (Å²) in [6.07, 6.45) is 2.25. The van der Waals surface area contributed by atoms with Gasteiger partial charge in [0.15, 0.2) is 11.5 Å². The maximum atomic E-state index is 13.1. The van der Waals surface area contributed by atoms with Crippen LogP contribution in [-0.4, -0.2) is 31.6 Å². The van der Waals surface area contributed by atoms with E-state index in [9.17, 15) is 14.4 Å².